The Morgan fingerprint density at radius 2 is 1.78 bits per heavy atom. The predicted octanol–water partition coefficient (Wildman–Crippen LogP) is 2.51. The highest BCUT2D eigenvalue weighted by atomic mass is 14.8. The van der Waals surface area contributed by atoms with Crippen LogP contribution in [0.1, 0.15) is 34.6 Å². The van der Waals surface area contributed by atoms with E-state index in [9.17, 15) is 0 Å². The molecule has 1 heteroatoms. The molecule has 54 valence electrons. The van der Waals surface area contributed by atoms with Crippen LogP contribution in [0.25, 0.3) is 0 Å². The van der Waals surface area contributed by atoms with Gasteiger partial charge in [0.2, 0.25) is 0 Å². The van der Waals surface area contributed by atoms with Crippen LogP contribution in [0, 0.1) is 5.92 Å². The van der Waals surface area contributed by atoms with Crippen LogP contribution >= 0.6 is 0 Å². The van der Waals surface area contributed by atoms with Gasteiger partial charge < -0.3 is 0 Å². The summed E-state index contributed by atoms with van der Waals surface area (Å²) in [5.74, 6) is 0.619. The van der Waals surface area contributed by atoms with E-state index in [-0.39, 0.29) is 5.54 Å². The van der Waals surface area contributed by atoms with Crippen LogP contribution in [0.2, 0.25) is 0 Å². The Labute approximate surface area is 58.2 Å². The zero-order valence-corrected chi connectivity index (χ0v) is 7.10. The fraction of sp³-hybridized carbons (Fsp3) is 0.875. The van der Waals surface area contributed by atoms with Crippen LogP contribution in [-0.2, 0) is 0 Å². The number of aliphatic imine (C=N–C) groups is 1. The molecule has 0 heterocycles. The smallest absolute Gasteiger partial charge is 0.0570 e. The normalized spacial score (nSPS) is 13.6. The molecule has 0 aliphatic carbocycles. The highest BCUT2D eigenvalue weighted by Crippen LogP contribution is 2.19. The first-order valence-corrected chi connectivity index (χ1v) is 3.50. The minimum Gasteiger partial charge on any atom is -0.292 e. The second-order valence-electron chi connectivity index (χ2n) is 3.20. The summed E-state index contributed by atoms with van der Waals surface area (Å²) in [4.78, 5) is 4.33. The minimum atomic E-state index is 0.120. The third kappa shape index (κ3) is 2.64. The van der Waals surface area contributed by atoms with Gasteiger partial charge in [-0.3, -0.25) is 4.99 Å². The zero-order valence-electron chi connectivity index (χ0n) is 7.10. The van der Waals surface area contributed by atoms with Crippen molar-refractivity contribution in [3.05, 3.63) is 0 Å². The van der Waals surface area contributed by atoms with Gasteiger partial charge in [-0.25, -0.2) is 0 Å². The minimum absolute atomic E-state index is 0.120. The molecule has 0 radical (unpaired) electrons. The van der Waals surface area contributed by atoms with Gasteiger partial charge in [0.25, 0.3) is 0 Å². The fourth-order valence-electron chi connectivity index (χ4n) is 0.482. The molecule has 0 N–H and O–H groups in total. The summed E-state index contributed by atoms with van der Waals surface area (Å²) in [6.07, 6.45) is 1.88. The molecule has 9 heavy (non-hydrogen) atoms. The lowest BCUT2D eigenvalue weighted by Crippen LogP contribution is -2.24. The van der Waals surface area contributed by atoms with E-state index in [0.717, 1.165) is 0 Å². The van der Waals surface area contributed by atoms with Crippen molar-refractivity contribution in [3.63, 3.8) is 0 Å². The van der Waals surface area contributed by atoms with Crippen molar-refractivity contribution >= 4 is 6.21 Å². The van der Waals surface area contributed by atoms with E-state index in [1.807, 2.05) is 13.1 Å². The molecular weight excluding hydrogens is 110 g/mol. The molecule has 0 aromatic carbocycles. The highest BCUT2D eigenvalue weighted by molar-refractivity contribution is 5.54. The van der Waals surface area contributed by atoms with E-state index < -0.39 is 0 Å². The summed E-state index contributed by atoms with van der Waals surface area (Å²) < 4.78 is 0. The Kier molecular flexibility index (Phi) is 2.89. The van der Waals surface area contributed by atoms with Crippen molar-refractivity contribution in [1.82, 2.24) is 0 Å². The molecule has 0 rings (SSSR count). The number of hydrogen-bond acceptors (Lipinski definition) is 1. The maximum atomic E-state index is 4.33. The summed E-state index contributed by atoms with van der Waals surface area (Å²) in [7, 11) is 0. The van der Waals surface area contributed by atoms with Crippen molar-refractivity contribution in [3.8, 4) is 0 Å². The van der Waals surface area contributed by atoms with E-state index in [4.69, 9.17) is 0 Å². The molecular formula is C8H17N. The molecule has 0 aromatic rings. The lowest BCUT2D eigenvalue weighted by Gasteiger charge is -2.23. The number of rotatable bonds is 2. The summed E-state index contributed by atoms with van der Waals surface area (Å²) in [6, 6.07) is 0. The predicted molar refractivity (Wildman–Crippen MR) is 43.1 cm³/mol. The van der Waals surface area contributed by atoms with Crippen molar-refractivity contribution in [2.45, 2.75) is 40.2 Å². The first-order chi connectivity index (χ1) is 4.00. The standard InChI is InChI=1S/C8H17N/c1-6-9-8(4,5)7(2)3/h6-7H,1-5H3. The lowest BCUT2D eigenvalue weighted by molar-refractivity contribution is 0.378. The maximum Gasteiger partial charge on any atom is 0.0570 e. The second-order valence-corrected chi connectivity index (χ2v) is 3.20. The number of nitrogens with zero attached hydrogens (tertiary/aromatic N) is 1. The molecule has 0 aliphatic rings. The van der Waals surface area contributed by atoms with Crippen LogP contribution < -0.4 is 0 Å². The Hall–Kier alpha value is -0.330. The molecule has 0 spiro atoms. The van der Waals surface area contributed by atoms with Crippen molar-refractivity contribution in [1.29, 1.82) is 0 Å². The van der Waals surface area contributed by atoms with Gasteiger partial charge in [0.15, 0.2) is 0 Å². The first-order valence-electron chi connectivity index (χ1n) is 3.50. The Morgan fingerprint density at radius 1 is 1.33 bits per heavy atom. The summed E-state index contributed by atoms with van der Waals surface area (Å²) in [5, 5.41) is 0. The van der Waals surface area contributed by atoms with Crippen LogP contribution in [0.5, 0.6) is 0 Å². The van der Waals surface area contributed by atoms with Crippen LogP contribution in [0.4, 0.5) is 0 Å². The summed E-state index contributed by atoms with van der Waals surface area (Å²) >= 11 is 0. The van der Waals surface area contributed by atoms with Crippen molar-refractivity contribution in [2.75, 3.05) is 0 Å². The lowest BCUT2D eigenvalue weighted by atomic mass is 9.92. The largest absolute Gasteiger partial charge is 0.292 e. The molecule has 0 amide bonds. The second kappa shape index (κ2) is 3.00. The van der Waals surface area contributed by atoms with Crippen LogP contribution in [-0.4, -0.2) is 11.8 Å². The number of hydrogen-bond donors (Lipinski definition) is 0. The van der Waals surface area contributed by atoms with Crippen molar-refractivity contribution < 1.29 is 0 Å². The Balaban J connectivity index is 4.01. The monoisotopic (exact) mass is 127 g/mol. The van der Waals surface area contributed by atoms with Gasteiger partial charge in [-0.15, -0.1) is 0 Å². The van der Waals surface area contributed by atoms with Crippen molar-refractivity contribution in [2.24, 2.45) is 10.9 Å². The molecule has 0 saturated heterocycles. The average molecular weight is 127 g/mol. The molecule has 0 saturated carbocycles. The Morgan fingerprint density at radius 3 is 1.89 bits per heavy atom. The quantitative estimate of drug-likeness (QED) is 0.505. The van der Waals surface area contributed by atoms with Gasteiger partial charge >= 0.3 is 0 Å². The zero-order chi connectivity index (χ0) is 7.49. The van der Waals surface area contributed by atoms with Gasteiger partial charge in [-0.2, -0.15) is 0 Å². The van der Waals surface area contributed by atoms with Gasteiger partial charge in [0, 0.05) is 0 Å². The summed E-state index contributed by atoms with van der Waals surface area (Å²) in [5.41, 5.74) is 0.120. The molecule has 0 atom stereocenters. The molecule has 1 nitrogen and oxygen atoms in total. The van der Waals surface area contributed by atoms with E-state index >= 15 is 0 Å². The van der Waals surface area contributed by atoms with Gasteiger partial charge in [0.1, 0.15) is 0 Å². The van der Waals surface area contributed by atoms with Crippen LogP contribution in [0.15, 0.2) is 4.99 Å². The molecule has 0 aromatic heterocycles. The fourth-order valence-corrected chi connectivity index (χ4v) is 0.482. The topological polar surface area (TPSA) is 12.4 Å². The van der Waals surface area contributed by atoms with Gasteiger partial charge in [0.05, 0.1) is 5.54 Å². The van der Waals surface area contributed by atoms with E-state index in [2.05, 4.69) is 32.7 Å². The SMILES string of the molecule is CC=NC(C)(C)C(C)C. The molecule has 0 unspecified atom stereocenters. The average Bonchev–Trinajstić information content (AvgIpc) is 1.65. The van der Waals surface area contributed by atoms with E-state index in [1.54, 1.807) is 0 Å². The summed E-state index contributed by atoms with van der Waals surface area (Å²) in [6.45, 7) is 10.6. The molecule has 0 aliphatic heterocycles. The third-order valence-corrected chi connectivity index (χ3v) is 1.87. The maximum absolute atomic E-state index is 4.33. The van der Waals surface area contributed by atoms with E-state index in [1.165, 1.54) is 0 Å². The van der Waals surface area contributed by atoms with Gasteiger partial charge in [-0.1, -0.05) is 13.8 Å². The molecule has 0 fully saturated rings. The highest BCUT2D eigenvalue weighted by Gasteiger charge is 2.18. The van der Waals surface area contributed by atoms with E-state index in [0.29, 0.717) is 5.92 Å². The first kappa shape index (κ1) is 8.67. The Bertz CT molecular complexity index is 101. The third-order valence-electron chi connectivity index (χ3n) is 1.87. The van der Waals surface area contributed by atoms with Gasteiger partial charge in [-0.05, 0) is 32.9 Å². The molecule has 0 bridgehead atoms. The van der Waals surface area contributed by atoms with Crippen LogP contribution in [0.3, 0.4) is 0 Å².